The van der Waals surface area contributed by atoms with Gasteiger partial charge in [-0.15, -0.1) is 0 Å². The number of carbonyl (C=O) groups is 2. The molecule has 1 amide bonds. The van der Waals surface area contributed by atoms with Gasteiger partial charge in [0.15, 0.2) is 0 Å². The molecule has 6 heteroatoms. The lowest BCUT2D eigenvalue weighted by molar-refractivity contribution is -0.136. The molecule has 1 heterocycles. The molecule has 6 nitrogen and oxygen atoms in total. The number of aromatic nitrogens is 1. The number of anilines is 1. The summed E-state index contributed by atoms with van der Waals surface area (Å²) in [5.41, 5.74) is 5.52. The molecule has 0 fully saturated rings. The number of carboxylic acids is 1. The molecule has 0 bridgehead atoms. The smallest absolute Gasteiger partial charge is 0.413 e. The van der Waals surface area contributed by atoms with E-state index in [1.165, 1.54) is 0 Å². The first-order chi connectivity index (χ1) is 16.4. The molecule has 1 aromatic heterocycles. The topological polar surface area (TPSA) is 80.6 Å². The standard InChI is InChI=1S/C28H26N2O4/c1-19-16-17-30(27(19)29-28(33)34-20(2)22-6-4-3-5-7-22)25-14-12-24(13-15-25)23-10-8-21(9-11-23)18-26(31)32/h3-17,20H,18H2,1-2H3,(H,29,33)(H,31,32). The van der Waals surface area contributed by atoms with Gasteiger partial charge in [-0.2, -0.15) is 0 Å². The van der Waals surface area contributed by atoms with Crippen LogP contribution in [0.25, 0.3) is 16.8 Å². The molecule has 0 saturated heterocycles. The Morgan fingerprint density at radius 2 is 1.53 bits per heavy atom. The number of hydrogen-bond donors (Lipinski definition) is 2. The van der Waals surface area contributed by atoms with Gasteiger partial charge in [-0.3, -0.25) is 10.1 Å². The molecule has 172 valence electrons. The van der Waals surface area contributed by atoms with Crippen LogP contribution >= 0.6 is 0 Å². The summed E-state index contributed by atoms with van der Waals surface area (Å²) in [6, 6.07) is 27.0. The third-order valence-corrected chi connectivity index (χ3v) is 5.65. The van der Waals surface area contributed by atoms with Crippen molar-refractivity contribution in [2.75, 3.05) is 5.32 Å². The SMILES string of the molecule is Cc1ccn(-c2ccc(-c3ccc(CC(=O)O)cc3)cc2)c1NC(=O)OC(C)c1ccccc1. The van der Waals surface area contributed by atoms with Gasteiger partial charge in [-0.25, -0.2) is 4.79 Å². The van der Waals surface area contributed by atoms with Crippen LogP contribution in [-0.4, -0.2) is 21.7 Å². The molecule has 0 aliphatic rings. The minimum atomic E-state index is -0.845. The number of nitrogens with zero attached hydrogens (tertiary/aromatic N) is 1. The first kappa shape index (κ1) is 22.9. The van der Waals surface area contributed by atoms with E-state index in [1.54, 1.807) is 0 Å². The van der Waals surface area contributed by atoms with Crippen LogP contribution < -0.4 is 5.32 Å². The third kappa shape index (κ3) is 5.35. The molecule has 34 heavy (non-hydrogen) atoms. The summed E-state index contributed by atoms with van der Waals surface area (Å²) in [5.74, 6) is -0.196. The molecule has 4 rings (SSSR count). The number of nitrogens with one attached hydrogen (secondary N) is 1. The second-order valence-electron chi connectivity index (χ2n) is 8.11. The Labute approximate surface area is 198 Å². The number of ether oxygens (including phenoxy) is 1. The number of amides is 1. The maximum absolute atomic E-state index is 12.6. The van der Waals surface area contributed by atoms with Crippen LogP contribution in [0.4, 0.5) is 10.6 Å². The summed E-state index contributed by atoms with van der Waals surface area (Å²) < 4.78 is 7.47. The maximum atomic E-state index is 12.6. The lowest BCUT2D eigenvalue weighted by atomic mass is 10.0. The minimum absolute atomic E-state index is 0.00847. The lowest BCUT2D eigenvalue weighted by Crippen LogP contribution is -2.18. The zero-order valence-electron chi connectivity index (χ0n) is 19.1. The average molecular weight is 455 g/mol. The van der Waals surface area contributed by atoms with Crippen molar-refractivity contribution in [2.24, 2.45) is 0 Å². The van der Waals surface area contributed by atoms with Crippen LogP contribution in [-0.2, 0) is 16.0 Å². The Morgan fingerprint density at radius 1 is 0.912 bits per heavy atom. The summed E-state index contributed by atoms with van der Waals surface area (Å²) in [4.78, 5) is 23.5. The summed E-state index contributed by atoms with van der Waals surface area (Å²) in [6.07, 6.45) is 1.03. The fraction of sp³-hybridized carbons (Fsp3) is 0.143. The van der Waals surface area contributed by atoms with Gasteiger partial charge in [-0.1, -0.05) is 66.7 Å². The van der Waals surface area contributed by atoms with Gasteiger partial charge >= 0.3 is 12.1 Å². The van der Waals surface area contributed by atoms with Crippen molar-refractivity contribution in [3.05, 3.63) is 108 Å². The normalized spacial score (nSPS) is 11.6. The third-order valence-electron chi connectivity index (χ3n) is 5.65. The zero-order valence-corrected chi connectivity index (χ0v) is 19.1. The van der Waals surface area contributed by atoms with Gasteiger partial charge in [0.25, 0.3) is 0 Å². The van der Waals surface area contributed by atoms with Crippen LogP contribution in [0.5, 0.6) is 0 Å². The average Bonchev–Trinajstić information content (AvgIpc) is 3.19. The van der Waals surface area contributed by atoms with E-state index in [9.17, 15) is 9.59 Å². The monoisotopic (exact) mass is 454 g/mol. The number of aryl methyl sites for hydroxylation is 1. The van der Waals surface area contributed by atoms with Crippen molar-refractivity contribution in [2.45, 2.75) is 26.4 Å². The van der Waals surface area contributed by atoms with E-state index >= 15 is 0 Å². The molecule has 1 unspecified atom stereocenters. The number of rotatable bonds is 7. The molecule has 0 aliphatic heterocycles. The summed E-state index contributed by atoms with van der Waals surface area (Å²) >= 11 is 0. The van der Waals surface area contributed by atoms with Gasteiger partial charge in [-0.05, 0) is 59.9 Å². The van der Waals surface area contributed by atoms with Crippen LogP contribution in [0.1, 0.15) is 29.7 Å². The van der Waals surface area contributed by atoms with Crippen LogP contribution in [0.2, 0.25) is 0 Å². The van der Waals surface area contributed by atoms with Crippen LogP contribution in [0, 0.1) is 6.92 Å². The van der Waals surface area contributed by atoms with Gasteiger partial charge in [0, 0.05) is 11.9 Å². The van der Waals surface area contributed by atoms with E-state index in [0.717, 1.165) is 33.5 Å². The molecular weight excluding hydrogens is 428 g/mol. The van der Waals surface area contributed by atoms with E-state index in [4.69, 9.17) is 9.84 Å². The quantitative estimate of drug-likeness (QED) is 0.339. The van der Waals surface area contributed by atoms with Crippen LogP contribution in [0.3, 0.4) is 0 Å². The number of aliphatic carboxylic acids is 1. The molecule has 0 spiro atoms. The Kier molecular flexibility index (Phi) is 6.78. The first-order valence-corrected chi connectivity index (χ1v) is 11.0. The van der Waals surface area contributed by atoms with Crippen LogP contribution in [0.15, 0.2) is 91.1 Å². The van der Waals surface area contributed by atoms with Crippen molar-refractivity contribution in [1.82, 2.24) is 4.57 Å². The number of hydrogen-bond acceptors (Lipinski definition) is 3. The second-order valence-corrected chi connectivity index (χ2v) is 8.11. The Balaban J connectivity index is 1.48. The highest BCUT2D eigenvalue weighted by molar-refractivity contribution is 5.85. The predicted octanol–water partition coefficient (Wildman–Crippen LogP) is 6.39. The Morgan fingerprint density at radius 3 is 2.15 bits per heavy atom. The van der Waals surface area contributed by atoms with E-state index in [0.29, 0.717) is 5.82 Å². The summed E-state index contributed by atoms with van der Waals surface area (Å²) in [7, 11) is 0. The summed E-state index contributed by atoms with van der Waals surface area (Å²) in [6.45, 7) is 3.77. The highest BCUT2D eigenvalue weighted by Crippen LogP contribution is 2.26. The Bertz CT molecular complexity index is 1280. The molecule has 3 aromatic carbocycles. The fourth-order valence-corrected chi connectivity index (χ4v) is 3.79. The van der Waals surface area contributed by atoms with Crippen molar-refractivity contribution in [1.29, 1.82) is 0 Å². The molecule has 0 radical (unpaired) electrons. The Hall–Kier alpha value is -4.32. The maximum Gasteiger partial charge on any atom is 0.413 e. The van der Waals surface area contributed by atoms with E-state index in [2.05, 4.69) is 5.32 Å². The molecule has 1 atom stereocenters. The first-order valence-electron chi connectivity index (χ1n) is 11.0. The van der Waals surface area contributed by atoms with E-state index in [1.807, 2.05) is 110 Å². The van der Waals surface area contributed by atoms with Gasteiger partial charge in [0.1, 0.15) is 11.9 Å². The van der Waals surface area contributed by atoms with Gasteiger partial charge < -0.3 is 14.4 Å². The van der Waals surface area contributed by atoms with Crippen molar-refractivity contribution in [3.63, 3.8) is 0 Å². The molecular formula is C28H26N2O4. The molecule has 0 aliphatic carbocycles. The van der Waals surface area contributed by atoms with E-state index in [-0.39, 0.29) is 12.5 Å². The van der Waals surface area contributed by atoms with Crippen molar-refractivity contribution in [3.8, 4) is 16.8 Å². The largest absolute Gasteiger partial charge is 0.481 e. The lowest BCUT2D eigenvalue weighted by Gasteiger charge is -2.16. The highest BCUT2D eigenvalue weighted by atomic mass is 16.6. The number of carbonyl (C=O) groups excluding carboxylic acids is 1. The predicted molar refractivity (Wildman–Crippen MR) is 132 cm³/mol. The van der Waals surface area contributed by atoms with E-state index < -0.39 is 12.1 Å². The fourth-order valence-electron chi connectivity index (χ4n) is 3.79. The number of carboxylic acid groups (broad SMARTS) is 1. The summed E-state index contributed by atoms with van der Waals surface area (Å²) in [5, 5.41) is 11.8. The molecule has 0 saturated carbocycles. The van der Waals surface area contributed by atoms with Crippen molar-refractivity contribution >= 4 is 17.9 Å². The minimum Gasteiger partial charge on any atom is -0.481 e. The zero-order chi connectivity index (χ0) is 24.1. The van der Waals surface area contributed by atoms with Gasteiger partial charge in [0.05, 0.1) is 6.42 Å². The molecule has 2 N–H and O–H groups in total. The number of benzene rings is 3. The van der Waals surface area contributed by atoms with Gasteiger partial charge in [0.2, 0.25) is 0 Å². The highest BCUT2D eigenvalue weighted by Gasteiger charge is 2.15. The second kappa shape index (κ2) is 10.1. The van der Waals surface area contributed by atoms with Crippen molar-refractivity contribution < 1.29 is 19.4 Å². The molecule has 4 aromatic rings.